The molecule has 1 aromatic carbocycles. The number of carbonyl (C=O) groups is 1. The van der Waals surface area contributed by atoms with Crippen molar-refractivity contribution in [3.63, 3.8) is 0 Å². The number of aromatic nitrogens is 2. The Morgan fingerprint density at radius 3 is 2.69 bits per heavy atom. The number of nitrogens with two attached hydrogens (primary N) is 1. The largest absolute Gasteiger partial charge is 0.491 e. The van der Waals surface area contributed by atoms with Crippen LogP contribution in [0, 0.1) is 5.82 Å². The van der Waals surface area contributed by atoms with Gasteiger partial charge in [0.2, 0.25) is 5.95 Å². The van der Waals surface area contributed by atoms with Gasteiger partial charge in [-0.15, -0.1) is 0 Å². The molecule has 0 unspecified atom stereocenters. The second kappa shape index (κ2) is 9.99. The van der Waals surface area contributed by atoms with Crippen LogP contribution in [0.2, 0.25) is 0 Å². The van der Waals surface area contributed by atoms with E-state index in [9.17, 15) is 9.18 Å². The normalized spacial score (nSPS) is 10.2. The van der Waals surface area contributed by atoms with Crippen LogP contribution in [0.5, 0.6) is 5.75 Å². The Balaban J connectivity index is 1.92. The number of nitrogens with one attached hydrogen (secondary N) is 2. The second-order valence-electron chi connectivity index (χ2n) is 4.98. The number of anilines is 3. The number of methoxy groups -OCH3 is 1. The second-order valence-corrected chi connectivity index (χ2v) is 4.98. The molecule has 0 aliphatic rings. The van der Waals surface area contributed by atoms with Gasteiger partial charge in [0.25, 0.3) is 0 Å². The Morgan fingerprint density at radius 1 is 1.23 bits per heavy atom. The molecule has 0 aliphatic heterocycles. The number of halogens is 1. The van der Waals surface area contributed by atoms with Crippen LogP contribution in [-0.4, -0.2) is 49.5 Å². The molecule has 2 aromatic rings. The van der Waals surface area contributed by atoms with Gasteiger partial charge >= 0.3 is 6.09 Å². The lowest BCUT2D eigenvalue weighted by Crippen LogP contribution is -2.19. The van der Waals surface area contributed by atoms with Gasteiger partial charge in [0.05, 0.1) is 19.3 Å². The number of hydrogen-bond donors (Lipinski definition) is 3. The summed E-state index contributed by atoms with van der Waals surface area (Å²) in [6.07, 6.45) is 0.140. The van der Waals surface area contributed by atoms with Crippen LogP contribution in [0.3, 0.4) is 0 Å². The lowest BCUT2D eigenvalue weighted by molar-refractivity contribution is 0.146. The zero-order valence-electron chi connectivity index (χ0n) is 14.2. The van der Waals surface area contributed by atoms with Crippen molar-refractivity contribution < 1.29 is 23.4 Å². The molecule has 0 spiro atoms. The third-order valence-electron chi connectivity index (χ3n) is 3.05. The van der Waals surface area contributed by atoms with Gasteiger partial charge in [-0.1, -0.05) is 0 Å². The minimum atomic E-state index is -0.896. The van der Waals surface area contributed by atoms with E-state index in [1.807, 2.05) is 0 Å². The molecule has 0 aliphatic carbocycles. The maximum Gasteiger partial charge on any atom is 0.404 e. The Hall–Kier alpha value is -3.14. The fourth-order valence-electron chi connectivity index (χ4n) is 1.88. The molecule has 9 nitrogen and oxygen atoms in total. The summed E-state index contributed by atoms with van der Waals surface area (Å²) in [6, 6.07) is 7.12. The number of rotatable bonds is 10. The molecule has 4 N–H and O–H groups in total. The van der Waals surface area contributed by atoms with Crippen LogP contribution in [0.15, 0.2) is 30.5 Å². The van der Waals surface area contributed by atoms with Crippen LogP contribution in [0.4, 0.5) is 26.6 Å². The number of amides is 1. The Labute approximate surface area is 149 Å². The van der Waals surface area contributed by atoms with Gasteiger partial charge in [-0.2, -0.15) is 4.98 Å². The van der Waals surface area contributed by atoms with E-state index in [-0.39, 0.29) is 24.9 Å². The molecule has 0 fully saturated rings. The number of nitrogens with zero attached hydrogens (tertiary/aromatic N) is 2. The van der Waals surface area contributed by atoms with Gasteiger partial charge < -0.3 is 30.6 Å². The molecular weight excluding hydrogens is 345 g/mol. The van der Waals surface area contributed by atoms with Crippen molar-refractivity contribution in [3.8, 4) is 5.75 Å². The quantitative estimate of drug-likeness (QED) is 0.546. The van der Waals surface area contributed by atoms with Crippen molar-refractivity contribution in [2.24, 2.45) is 5.73 Å². The maximum atomic E-state index is 13.7. The summed E-state index contributed by atoms with van der Waals surface area (Å²) in [4.78, 5) is 18.4. The molecule has 0 saturated heterocycles. The third-order valence-corrected chi connectivity index (χ3v) is 3.05. The first kappa shape index (κ1) is 19.2. The zero-order chi connectivity index (χ0) is 18.8. The average molecular weight is 365 g/mol. The van der Waals surface area contributed by atoms with Gasteiger partial charge in [0.15, 0.2) is 11.6 Å². The fraction of sp³-hybridized carbons (Fsp3) is 0.312. The van der Waals surface area contributed by atoms with Crippen molar-refractivity contribution in [3.05, 3.63) is 36.3 Å². The van der Waals surface area contributed by atoms with Crippen molar-refractivity contribution in [2.75, 3.05) is 44.1 Å². The van der Waals surface area contributed by atoms with Gasteiger partial charge in [0, 0.05) is 12.8 Å². The van der Waals surface area contributed by atoms with E-state index in [0.717, 1.165) is 6.20 Å². The van der Waals surface area contributed by atoms with E-state index in [0.29, 0.717) is 24.7 Å². The SMILES string of the molecule is COCCOc1ccc(Nc2ncc(F)c(NCCOC(N)=O)n2)cc1. The minimum Gasteiger partial charge on any atom is -0.491 e. The summed E-state index contributed by atoms with van der Waals surface area (Å²) < 4.78 is 28.7. The molecular formula is C16H20FN5O4. The molecule has 0 atom stereocenters. The van der Waals surface area contributed by atoms with E-state index in [1.54, 1.807) is 31.4 Å². The Kier molecular flexibility index (Phi) is 7.37. The Morgan fingerprint density at radius 2 is 2.00 bits per heavy atom. The van der Waals surface area contributed by atoms with E-state index in [1.165, 1.54) is 0 Å². The lowest BCUT2D eigenvalue weighted by atomic mass is 10.3. The van der Waals surface area contributed by atoms with Gasteiger partial charge in [-0.25, -0.2) is 14.2 Å². The van der Waals surface area contributed by atoms with E-state index in [4.69, 9.17) is 15.2 Å². The van der Waals surface area contributed by atoms with Crippen LogP contribution in [0.1, 0.15) is 0 Å². The summed E-state index contributed by atoms with van der Waals surface area (Å²) in [6.45, 7) is 1.11. The zero-order valence-corrected chi connectivity index (χ0v) is 14.2. The first-order valence-corrected chi connectivity index (χ1v) is 7.76. The lowest BCUT2D eigenvalue weighted by Gasteiger charge is -2.10. The van der Waals surface area contributed by atoms with Crippen LogP contribution in [-0.2, 0) is 9.47 Å². The summed E-state index contributed by atoms with van der Waals surface area (Å²) in [7, 11) is 1.60. The maximum absolute atomic E-state index is 13.7. The first-order valence-electron chi connectivity index (χ1n) is 7.76. The highest BCUT2D eigenvalue weighted by molar-refractivity contribution is 5.64. The highest BCUT2D eigenvalue weighted by atomic mass is 19.1. The predicted octanol–water partition coefficient (Wildman–Crippen LogP) is 1.89. The van der Waals surface area contributed by atoms with Gasteiger partial charge in [-0.3, -0.25) is 0 Å². The molecule has 0 radical (unpaired) electrons. The number of primary amides is 1. The highest BCUT2D eigenvalue weighted by Crippen LogP contribution is 2.19. The van der Waals surface area contributed by atoms with Crippen molar-refractivity contribution in [1.82, 2.24) is 9.97 Å². The van der Waals surface area contributed by atoms with Gasteiger partial charge in [-0.05, 0) is 24.3 Å². The predicted molar refractivity (Wildman–Crippen MR) is 93.1 cm³/mol. The van der Waals surface area contributed by atoms with E-state index >= 15 is 0 Å². The smallest absolute Gasteiger partial charge is 0.404 e. The fourth-order valence-corrected chi connectivity index (χ4v) is 1.88. The summed E-state index contributed by atoms with van der Waals surface area (Å²) in [5.41, 5.74) is 5.55. The van der Waals surface area contributed by atoms with Crippen LogP contribution < -0.4 is 21.1 Å². The van der Waals surface area contributed by atoms with E-state index < -0.39 is 11.9 Å². The van der Waals surface area contributed by atoms with E-state index in [2.05, 4.69) is 25.3 Å². The number of carbonyl (C=O) groups excluding carboxylic acids is 1. The van der Waals surface area contributed by atoms with Crippen LogP contribution in [0.25, 0.3) is 0 Å². The van der Waals surface area contributed by atoms with Crippen LogP contribution >= 0.6 is 0 Å². The standard InChI is InChI=1S/C16H20FN5O4/c1-24-8-9-25-12-4-2-11(3-5-12)21-16-20-10-13(17)14(22-16)19-6-7-26-15(18)23/h2-5,10H,6-9H2,1H3,(H2,18,23)(H2,19,20,21,22). The van der Waals surface area contributed by atoms with Crippen molar-refractivity contribution in [2.45, 2.75) is 0 Å². The molecule has 10 heteroatoms. The topological polar surface area (TPSA) is 121 Å². The molecule has 140 valence electrons. The molecule has 1 heterocycles. The molecule has 2 rings (SSSR count). The third kappa shape index (κ3) is 6.40. The summed E-state index contributed by atoms with van der Waals surface area (Å²) in [5.74, 6) is 0.258. The molecule has 1 aromatic heterocycles. The molecule has 1 amide bonds. The average Bonchev–Trinajstić information content (AvgIpc) is 2.62. The minimum absolute atomic E-state index is 0.00787. The van der Waals surface area contributed by atoms with Crippen molar-refractivity contribution >= 4 is 23.5 Å². The first-order chi connectivity index (χ1) is 12.6. The monoisotopic (exact) mass is 365 g/mol. The Bertz CT molecular complexity index is 714. The van der Waals surface area contributed by atoms with Gasteiger partial charge in [0.1, 0.15) is 19.0 Å². The van der Waals surface area contributed by atoms with Crippen molar-refractivity contribution in [1.29, 1.82) is 0 Å². The summed E-state index contributed by atoms with van der Waals surface area (Å²) >= 11 is 0. The number of benzene rings is 1. The molecule has 0 bridgehead atoms. The summed E-state index contributed by atoms with van der Waals surface area (Å²) in [5, 5.41) is 5.66. The molecule has 26 heavy (non-hydrogen) atoms. The highest BCUT2D eigenvalue weighted by Gasteiger charge is 2.07. The molecule has 0 saturated carbocycles. The number of ether oxygens (including phenoxy) is 3. The number of hydrogen-bond acceptors (Lipinski definition) is 8.